The van der Waals surface area contributed by atoms with Gasteiger partial charge in [-0.05, 0) is 180 Å². The summed E-state index contributed by atoms with van der Waals surface area (Å²) in [5.74, 6) is 0. The summed E-state index contributed by atoms with van der Waals surface area (Å²) in [6, 6.07) is 120. The van der Waals surface area contributed by atoms with Gasteiger partial charge in [0, 0.05) is 84.2 Å². The summed E-state index contributed by atoms with van der Waals surface area (Å²) < 4.78 is 7.79. The normalized spacial score (nSPS) is 12.8. The summed E-state index contributed by atoms with van der Waals surface area (Å²) in [6.45, 7) is 27.8. The molecule has 3 heterocycles. The van der Waals surface area contributed by atoms with E-state index < -0.39 is 6.71 Å². The number of hydrogen-bond donors (Lipinski definition) is 0. The number of nitrogens with zero attached hydrogens (tertiary/aromatic N) is 4. The minimum atomic E-state index is -0.407. The SMILES string of the molecule is CC(C)(C)c1cc(-c2cccc(-c3ccccc3)c2N2c3ccc(N(c4ccccc4)c4ccccc4)cc3B3c4cc(N(c5ccccc5)c5ccccc5)ccc4N(c4c(-c5ccccc5)cccc4-c4cc(C(C)(C)C)cc(C(C)(C)C)c4)c4c3c2cc2c4oc3ccccc32)cc(C(C)(C)C)c1. The summed E-state index contributed by atoms with van der Waals surface area (Å²) in [6.07, 6.45) is 0. The van der Waals surface area contributed by atoms with Gasteiger partial charge in [0.25, 0.3) is 6.71 Å². The lowest BCUT2D eigenvalue weighted by molar-refractivity contribution is 0.568. The Hall–Kier alpha value is -11.9. The first-order chi connectivity index (χ1) is 51.1. The average molecular weight is 1370 g/mol. The second-order valence-corrected chi connectivity index (χ2v) is 33.0. The van der Waals surface area contributed by atoms with Crippen molar-refractivity contribution in [1.82, 2.24) is 0 Å². The molecule has 0 saturated heterocycles. The van der Waals surface area contributed by atoms with Crippen LogP contribution in [0.3, 0.4) is 0 Å². The van der Waals surface area contributed by atoms with Gasteiger partial charge in [-0.3, -0.25) is 0 Å². The molecule has 0 unspecified atom stereocenters. The highest BCUT2D eigenvalue weighted by atomic mass is 16.3. The molecule has 2 aliphatic heterocycles. The second kappa shape index (κ2) is 26.1. The van der Waals surface area contributed by atoms with Crippen molar-refractivity contribution in [2.24, 2.45) is 0 Å². The third kappa shape index (κ3) is 11.9. The first-order valence-corrected chi connectivity index (χ1v) is 37.5. The summed E-state index contributed by atoms with van der Waals surface area (Å²) >= 11 is 0. The van der Waals surface area contributed by atoms with Crippen LogP contribution >= 0.6 is 0 Å². The molecular formula is C100H89BN4O. The van der Waals surface area contributed by atoms with E-state index in [0.717, 1.165) is 146 Å². The van der Waals surface area contributed by atoms with Crippen molar-refractivity contribution in [1.29, 1.82) is 0 Å². The van der Waals surface area contributed by atoms with Crippen molar-refractivity contribution >= 4 is 113 Å². The summed E-state index contributed by atoms with van der Waals surface area (Å²) in [7, 11) is 0. The van der Waals surface area contributed by atoms with Crippen molar-refractivity contribution in [3.8, 4) is 44.5 Å². The van der Waals surface area contributed by atoms with E-state index in [9.17, 15) is 0 Å². The molecule has 518 valence electrons. The number of fused-ring (bicyclic) bond motifs is 8. The van der Waals surface area contributed by atoms with Gasteiger partial charge >= 0.3 is 0 Å². The highest BCUT2D eigenvalue weighted by Gasteiger charge is 2.48. The number of furan rings is 1. The van der Waals surface area contributed by atoms with E-state index in [-0.39, 0.29) is 21.7 Å². The molecule has 2 aliphatic rings. The van der Waals surface area contributed by atoms with Crippen LogP contribution in [0.5, 0.6) is 0 Å². The van der Waals surface area contributed by atoms with Crippen LogP contribution in [-0.4, -0.2) is 6.71 Å². The Bertz CT molecular complexity index is 5580. The molecule has 6 heteroatoms. The molecule has 14 aromatic carbocycles. The Kier molecular flexibility index (Phi) is 16.6. The smallest absolute Gasteiger partial charge is 0.252 e. The Morgan fingerprint density at radius 1 is 0.264 bits per heavy atom. The van der Waals surface area contributed by atoms with Gasteiger partial charge in [0.15, 0.2) is 5.58 Å². The van der Waals surface area contributed by atoms with E-state index in [4.69, 9.17) is 4.42 Å². The lowest BCUT2D eigenvalue weighted by atomic mass is 9.33. The van der Waals surface area contributed by atoms with Crippen LogP contribution in [0.2, 0.25) is 0 Å². The Labute approximate surface area is 626 Å². The van der Waals surface area contributed by atoms with Crippen LogP contribution in [0.25, 0.3) is 66.4 Å². The van der Waals surface area contributed by atoms with Gasteiger partial charge in [-0.25, -0.2) is 0 Å². The Morgan fingerprint density at radius 3 is 0.991 bits per heavy atom. The van der Waals surface area contributed by atoms with Gasteiger partial charge in [-0.1, -0.05) is 308 Å². The van der Waals surface area contributed by atoms with E-state index in [2.05, 4.69) is 424 Å². The van der Waals surface area contributed by atoms with E-state index >= 15 is 0 Å². The summed E-state index contributed by atoms with van der Waals surface area (Å²) in [5, 5.41) is 2.08. The van der Waals surface area contributed by atoms with Crippen molar-refractivity contribution in [2.75, 3.05) is 19.6 Å². The molecule has 0 bridgehead atoms. The fraction of sp³-hybridized carbons (Fsp3) is 0.160. The zero-order valence-electron chi connectivity index (χ0n) is 62.9. The quantitative estimate of drug-likeness (QED) is 0.114. The number of benzene rings is 14. The van der Waals surface area contributed by atoms with Crippen LogP contribution in [-0.2, 0) is 21.7 Å². The maximum absolute atomic E-state index is 7.79. The summed E-state index contributed by atoms with van der Waals surface area (Å²) in [4.78, 5) is 10.2. The molecule has 0 aliphatic carbocycles. The number of rotatable bonds is 12. The third-order valence-corrected chi connectivity index (χ3v) is 21.8. The van der Waals surface area contributed by atoms with Gasteiger partial charge < -0.3 is 24.0 Å². The first kappa shape index (κ1) is 67.3. The second-order valence-electron chi connectivity index (χ2n) is 33.0. The molecule has 0 N–H and O–H groups in total. The zero-order valence-corrected chi connectivity index (χ0v) is 62.9. The van der Waals surface area contributed by atoms with E-state index in [1.807, 2.05) is 0 Å². The monoisotopic (exact) mass is 1370 g/mol. The molecule has 0 saturated carbocycles. The van der Waals surface area contributed by atoms with Crippen molar-refractivity contribution in [3.05, 3.63) is 344 Å². The fourth-order valence-electron chi connectivity index (χ4n) is 16.2. The highest BCUT2D eigenvalue weighted by molar-refractivity contribution is 7.00. The maximum Gasteiger partial charge on any atom is 0.252 e. The highest BCUT2D eigenvalue weighted by Crippen LogP contribution is 2.57. The number of anilines is 12. The minimum absolute atomic E-state index is 0.159. The van der Waals surface area contributed by atoms with Gasteiger partial charge in [0.2, 0.25) is 0 Å². The molecule has 0 spiro atoms. The lowest BCUT2D eigenvalue weighted by Gasteiger charge is -2.46. The van der Waals surface area contributed by atoms with Crippen LogP contribution < -0.4 is 36.0 Å². The van der Waals surface area contributed by atoms with Crippen LogP contribution in [0.1, 0.15) is 105 Å². The predicted molar refractivity (Wildman–Crippen MR) is 454 cm³/mol. The number of para-hydroxylation sites is 7. The molecular weight excluding hydrogens is 1280 g/mol. The zero-order chi connectivity index (χ0) is 73.0. The first-order valence-electron chi connectivity index (χ1n) is 37.5. The molecule has 1 aromatic heterocycles. The minimum Gasteiger partial charge on any atom is -0.454 e. The average Bonchev–Trinajstić information content (AvgIpc) is 1.10. The number of hydrogen-bond acceptors (Lipinski definition) is 5. The molecule has 0 atom stereocenters. The lowest BCUT2D eigenvalue weighted by Crippen LogP contribution is -2.61. The largest absolute Gasteiger partial charge is 0.454 e. The molecule has 0 radical (unpaired) electrons. The van der Waals surface area contributed by atoms with E-state index in [0.29, 0.717) is 0 Å². The molecule has 0 amide bonds. The maximum atomic E-state index is 7.79. The third-order valence-electron chi connectivity index (χ3n) is 21.8. The fourth-order valence-corrected chi connectivity index (χ4v) is 16.2. The molecule has 106 heavy (non-hydrogen) atoms. The van der Waals surface area contributed by atoms with Gasteiger partial charge in [0.05, 0.1) is 17.1 Å². The van der Waals surface area contributed by atoms with Crippen molar-refractivity contribution in [2.45, 2.75) is 105 Å². The topological polar surface area (TPSA) is 26.1 Å². The Balaban J connectivity index is 1.09. The molecule has 17 rings (SSSR count). The Morgan fingerprint density at radius 2 is 0.604 bits per heavy atom. The van der Waals surface area contributed by atoms with Crippen molar-refractivity contribution < 1.29 is 4.42 Å². The van der Waals surface area contributed by atoms with E-state index in [1.165, 1.54) is 27.8 Å². The van der Waals surface area contributed by atoms with Gasteiger partial charge in [-0.15, -0.1) is 0 Å². The van der Waals surface area contributed by atoms with Crippen LogP contribution in [0.4, 0.5) is 68.2 Å². The van der Waals surface area contributed by atoms with Crippen molar-refractivity contribution in [3.63, 3.8) is 0 Å². The van der Waals surface area contributed by atoms with E-state index in [1.54, 1.807) is 0 Å². The van der Waals surface area contributed by atoms with Crippen LogP contribution in [0, 0.1) is 0 Å². The standard InChI is InChI=1S/C100H89BN4O/c1-97(2,3)70-57-68(58-71(61-70)98(4,5)6)82-50-33-48-80(66-35-19-13-20-36-66)93(82)104-88-55-53-78(102(74-39-23-15-24-40-74)75-41-25-16-26-42-75)63-86(88)101-87-64-79(103(76-43-27-17-28-44-76)77-45-29-18-30-46-77)54-56-89(87)105(95-92(101)90(104)65-85-84-47-31-32-52-91(84)106-96(85)95)94-81(67-37-21-14-22-38-67)49-34-51-83(94)69-59-72(99(7,8)9)62-73(60-69)100(10,11)12/h13-65H,1-12H3. The molecule has 15 aromatic rings. The molecule has 0 fully saturated rings. The predicted octanol–water partition coefficient (Wildman–Crippen LogP) is 26.5. The van der Waals surface area contributed by atoms with Gasteiger partial charge in [0.1, 0.15) is 5.58 Å². The van der Waals surface area contributed by atoms with Crippen LogP contribution in [0.15, 0.2) is 326 Å². The van der Waals surface area contributed by atoms with Gasteiger partial charge in [-0.2, -0.15) is 0 Å². The summed E-state index contributed by atoms with van der Waals surface area (Å²) in [5.41, 5.74) is 31.3. The molecule has 5 nitrogen and oxygen atoms in total.